The topological polar surface area (TPSA) is 63.7 Å². The lowest BCUT2D eigenvalue weighted by atomic mass is 9.94. The van der Waals surface area contributed by atoms with Gasteiger partial charge in [-0.1, -0.05) is 37.6 Å². The van der Waals surface area contributed by atoms with Crippen LogP contribution in [0.3, 0.4) is 0 Å². The van der Waals surface area contributed by atoms with Crippen LogP contribution in [0.25, 0.3) is 10.8 Å². The fourth-order valence-electron chi connectivity index (χ4n) is 3.40. The van der Waals surface area contributed by atoms with Crippen molar-refractivity contribution in [3.8, 4) is 0 Å². The fraction of sp³-hybridized carbons (Fsp3) is 0.174. The van der Waals surface area contributed by atoms with E-state index in [4.69, 9.17) is 4.74 Å². The van der Waals surface area contributed by atoms with Crippen LogP contribution in [0.1, 0.15) is 50.8 Å². The van der Waals surface area contributed by atoms with Crippen LogP contribution in [-0.4, -0.2) is 24.4 Å². The maximum Gasteiger partial charge on any atom is 0.338 e. The van der Waals surface area contributed by atoms with Gasteiger partial charge in [0.2, 0.25) is 0 Å². The van der Waals surface area contributed by atoms with Gasteiger partial charge in [0, 0.05) is 16.5 Å². The van der Waals surface area contributed by atoms with Gasteiger partial charge in [0.1, 0.15) is 0 Å². The van der Waals surface area contributed by atoms with E-state index in [9.17, 15) is 14.4 Å². The Morgan fingerprint density at radius 2 is 1.50 bits per heavy atom. The number of nitrogens with zero attached hydrogens (tertiary/aromatic N) is 1. The minimum absolute atomic E-state index is 0.368. The van der Waals surface area contributed by atoms with Crippen molar-refractivity contribution in [2.24, 2.45) is 0 Å². The fourth-order valence-corrected chi connectivity index (χ4v) is 3.40. The van der Waals surface area contributed by atoms with Crippen LogP contribution in [0.4, 0.5) is 5.69 Å². The summed E-state index contributed by atoms with van der Waals surface area (Å²) >= 11 is 0. The minimum atomic E-state index is -0.411. The zero-order valence-corrected chi connectivity index (χ0v) is 15.5. The number of hydrogen-bond acceptors (Lipinski definition) is 4. The van der Waals surface area contributed by atoms with Crippen molar-refractivity contribution >= 4 is 34.2 Å². The molecule has 1 aliphatic heterocycles. The number of carbonyl (C=O) groups is 3. The summed E-state index contributed by atoms with van der Waals surface area (Å²) in [5.41, 5.74) is 1.80. The van der Waals surface area contributed by atoms with Crippen molar-refractivity contribution in [1.82, 2.24) is 0 Å². The maximum absolute atomic E-state index is 13.0. The highest BCUT2D eigenvalue weighted by Gasteiger charge is 2.33. The number of imide groups is 1. The van der Waals surface area contributed by atoms with Crippen LogP contribution in [-0.2, 0) is 4.74 Å². The Bertz CT molecular complexity index is 1030. The molecule has 5 nitrogen and oxygen atoms in total. The van der Waals surface area contributed by atoms with E-state index in [1.165, 1.54) is 0 Å². The van der Waals surface area contributed by atoms with Crippen molar-refractivity contribution in [3.63, 3.8) is 0 Å². The molecular formula is C23H19NO4. The van der Waals surface area contributed by atoms with Crippen molar-refractivity contribution in [2.45, 2.75) is 19.8 Å². The molecular weight excluding hydrogens is 354 g/mol. The standard InChI is InChI=1S/C23H19NO4/c1-2-3-14-28-23(27)16-10-12-17(13-11-16)24-21(25)18-8-4-6-15-7-5-9-19(20(15)18)22(24)26/h4-13H,2-3,14H2,1H3. The van der Waals surface area contributed by atoms with Gasteiger partial charge in [-0.3, -0.25) is 9.59 Å². The Labute approximate surface area is 162 Å². The summed E-state index contributed by atoms with van der Waals surface area (Å²) < 4.78 is 5.19. The smallest absolute Gasteiger partial charge is 0.338 e. The van der Waals surface area contributed by atoms with E-state index in [2.05, 4.69) is 0 Å². The van der Waals surface area contributed by atoms with Crippen LogP contribution in [0.5, 0.6) is 0 Å². The molecule has 0 unspecified atom stereocenters. The molecule has 140 valence electrons. The second kappa shape index (κ2) is 7.27. The van der Waals surface area contributed by atoms with Gasteiger partial charge in [0.25, 0.3) is 11.8 Å². The third-order valence-electron chi connectivity index (χ3n) is 4.86. The van der Waals surface area contributed by atoms with Crippen molar-refractivity contribution in [3.05, 3.63) is 77.4 Å². The number of amides is 2. The quantitative estimate of drug-likeness (QED) is 0.373. The second-order valence-electron chi connectivity index (χ2n) is 6.69. The molecule has 3 aromatic carbocycles. The van der Waals surface area contributed by atoms with Crippen LogP contribution in [0.15, 0.2) is 60.7 Å². The monoisotopic (exact) mass is 373 g/mol. The summed E-state index contributed by atoms with van der Waals surface area (Å²) in [7, 11) is 0. The Hall–Kier alpha value is -3.47. The van der Waals surface area contributed by atoms with Crippen LogP contribution >= 0.6 is 0 Å². The predicted molar refractivity (Wildman–Crippen MR) is 107 cm³/mol. The van der Waals surface area contributed by atoms with Gasteiger partial charge < -0.3 is 4.74 Å². The number of anilines is 1. The molecule has 0 N–H and O–H groups in total. The van der Waals surface area contributed by atoms with E-state index in [1.807, 2.05) is 31.2 Å². The molecule has 0 bridgehead atoms. The number of carbonyl (C=O) groups excluding carboxylic acids is 3. The van der Waals surface area contributed by atoms with Crippen molar-refractivity contribution in [2.75, 3.05) is 11.5 Å². The van der Waals surface area contributed by atoms with Crippen molar-refractivity contribution < 1.29 is 19.1 Å². The molecule has 0 aliphatic carbocycles. The Morgan fingerprint density at radius 3 is 2.07 bits per heavy atom. The molecule has 0 fully saturated rings. The number of esters is 1. The average molecular weight is 373 g/mol. The zero-order valence-electron chi connectivity index (χ0n) is 15.5. The number of unbranched alkanes of at least 4 members (excludes halogenated alkanes) is 1. The highest BCUT2D eigenvalue weighted by molar-refractivity contribution is 6.35. The van der Waals surface area contributed by atoms with E-state index in [0.717, 1.165) is 23.1 Å². The Morgan fingerprint density at radius 1 is 0.893 bits per heavy atom. The lowest BCUT2D eigenvalue weighted by Gasteiger charge is -2.27. The molecule has 1 heterocycles. The molecule has 1 aliphatic rings. The summed E-state index contributed by atoms with van der Waals surface area (Å²) in [4.78, 5) is 39.3. The largest absolute Gasteiger partial charge is 0.462 e. The lowest BCUT2D eigenvalue weighted by molar-refractivity contribution is 0.0499. The molecule has 2 amide bonds. The first-order valence-electron chi connectivity index (χ1n) is 9.29. The van der Waals surface area contributed by atoms with Gasteiger partial charge >= 0.3 is 5.97 Å². The Balaban J connectivity index is 1.66. The van der Waals surface area contributed by atoms with Gasteiger partial charge in [0.15, 0.2) is 0 Å². The first-order chi connectivity index (χ1) is 13.6. The van der Waals surface area contributed by atoms with E-state index in [0.29, 0.717) is 34.4 Å². The number of rotatable bonds is 5. The first kappa shape index (κ1) is 17.9. The van der Waals surface area contributed by atoms with E-state index < -0.39 is 5.97 Å². The van der Waals surface area contributed by atoms with Crippen LogP contribution in [0, 0.1) is 0 Å². The lowest BCUT2D eigenvalue weighted by Crippen LogP contribution is -2.40. The number of benzene rings is 3. The van der Waals surface area contributed by atoms with E-state index >= 15 is 0 Å². The molecule has 0 saturated carbocycles. The molecule has 28 heavy (non-hydrogen) atoms. The first-order valence-corrected chi connectivity index (χ1v) is 9.29. The third kappa shape index (κ3) is 2.95. The van der Waals surface area contributed by atoms with Gasteiger partial charge in [-0.25, -0.2) is 9.69 Å². The molecule has 0 aromatic heterocycles. The average Bonchev–Trinajstić information content (AvgIpc) is 2.72. The Kier molecular flexibility index (Phi) is 4.65. The summed E-state index contributed by atoms with van der Waals surface area (Å²) in [5.74, 6) is -1.15. The van der Waals surface area contributed by atoms with Gasteiger partial charge in [-0.15, -0.1) is 0 Å². The normalized spacial score (nSPS) is 13.1. The minimum Gasteiger partial charge on any atom is -0.462 e. The number of ether oxygens (including phenoxy) is 1. The summed E-state index contributed by atoms with van der Waals surface area (Å²) in [6.45, 7) is 2.40. The second-order valence-corrected chi connectivity index (χ2v) is 6.69. The third-order valence-corrected chi connectivity index (χ3v) is 4.86. The highest BCUT2D eigenvalue weighted by atomic mass is 16.5. The van der Waals surface area contributed by atoms with Crippen LogP contribution < -0.4 is 4.90 Å². The summed E-state index contributed by atoms with van der Waals surface area (Å²) in [6.07, 6.45) is 1.76. The van der Waals surface area contributed by atoms with Gasteiger partial charge in [-0.05, 0) is 48.2 Å². The zero-order chi connectivity index (χ0) is 19.7. The highest BCUT2D eigenvalue weighted by Crippen LogP contribution is 2.32. The maximum atomic E-state index is 13.0. The molecule has 0 saturated heterocycles. The summed E-state index contributed by atoms with van der Waals surface area (Å²) in [6, 6.07) is 17.2. The molecule has 3 aromatic rings. The van der Waals surface area contributed by atoms with Gasteiger partial charge in [0.05, 0.1) is 17.9 Å². The van der Waals surface area contributed by atoms with Gasteiger partial charge in [-0.2, -0.15) is 0 Å². The van der Waals surface area contributed by atoms with Crippen LogP contribution in [0.2, 0.25) is 0 Å². The number of hydrogen-bond donors (Lipinski definition) is 0. The predicted octanol–water partition coefficient (Wildman–Crippen LogP) is 4.60. The van der Waals surface area contributed by atoms with E-state index in [-0.39, 0.29) is 11.8 Å². The molecule has 0 atom stereocenters. The SMILES string of the molecule is CCCCOC(=O)c1ccc(N2C(=O)c3cccc4cccc(c34)C2=O)cc1. The molecule has 5 heteroatoms. The van der Waals surface area contributed by atoms with Crippen molar-refractivity contribution in [1.29, 1.82) is 0 Å². The molecule has 0 radical (unpaired) electrons. The molecule has 4 rings (SSSR count). The molecule has 0 spiro atoms. The summed E-state index contributed by atoms with van der Waals surface area (Å²) in [5, 5.41) is 1.55. The van der Waals surface area contributed by atoms with E-state index in [1.54, 1.807) is 36.4 Å².